The van der Waals surface area contributed by atoms with Gasteiger partial charge in [0.1, 0.15) is 24.9 Å². The standard InChI is InChI=1S/C21H18ClNO4/c1-3-10-26-21(24)17(13-23)11-15-8-9-19(20(12-15)25-2)27-14-16-6-4-5-7-18(16)22/h3-9,11-12H,1,10,14H2,2H3/b17-11+. The van der Waals surface area contributed by atoms with Crippen LogP contribution in [-0.4, -0.2) is 19.7 Å². The number of nitriles is 1. The van der Waals surface area contributed by atoms with Crippen LogP contribution in [0.4, 0.5) is 0 Å². The lowest BCUT2D eigenvalue weighted by Crippen LogP contribution is -2.06. The first-order valence-electron chi connectivity index (χ1n) is 8.03. The average molecular weight is 384 g/mol. The SMILES string of the molecule is C=CCOC(=O)/C(C#N)=C/c1ccc(OCc2ccccc2Cl)c(OC)c1. The fourth-order valence-electron chi connectivity index (χ4n) is 2.18. The number of esters is 1. The molecular formula is C21H18ClNO4. The maximum atomic E-state index is 11.8. The Balaban J connectivity index is 2.18. The summed E-state index contributed by atoms with van der Waals surface area (Å²) in [5.41, 5.74) is 1.33. The van der Waals surface area contributed by atoms with E-state index in [0.717, 1.165) is 5.56 Å². The van der Waals surface area contributed by atoms with Gasteiger partial charge < -0.3 is 14.2 Å². The van der Waals surface area contributed by atoms with E-state index in [1.54, 1.807) is 24.3 Å². The smallest absolute Gasteiger partial charge is 0.349 e. The van der Waals surface area contributed by atoms with Gasteiger partial charge in [-0.1, -0.05) is 48.5 Å². The fraction of sp³-hybridized carbons (Fsp3) is 0.143. The van der Waals surface area contributed by atoms with E-state index in [9.17, 15) is 4.79 Å². The number of rotatable bonds is 8. The molecule has 0 N–H and O–H groups in total. The van der Waals surface area contributed by atoms with Crippen LogP contribution in [0.3, 0.4) is 0 Å². The number of halogens is 1. The molecule has 2 rings (SSSR count). The van der Waals surface area contributed by atoms with Crippen molar-refractivity contribution in [2.75, 3.05) is 13.7 Å². The summed E-state index contributed by atoms with van der Waals surface area (Å²) in [6, 6.07) is 14.3. The van der Waals surface area contributed by atoms with E-state index < -0.39 is 5.97 Å². The Labute approximate surface area is 163 Å². The Bertz CT molecular complexity index is 899. The summed E-state index contributed by atoms with van der Waals surface area (Å²) >= 11 is 6.13. The molecule has 2 aromatic rings. The highest BCUT2D eigenvalue weighted by molar-refractivity contribution is 6.31. The third-order valence-electron chi connectivity index (χ3n) is 3.51. The van der Waals surface area contributed by atoms with E-state index in [4.69, 9.17) is 31.1 Å². The van der Waals surface area contributed by atoms with Crippen LogP contribution in [0.5, 0.6) is 11.5 Å². The van der Waals surface area contributed by atoms with Gasteiger partial charge in [0, 0.05) is 10.6 Å². The molecule has 27 heavy (non-hydrogen) atoms. The van der Waals surface area contributed by atoms with Crippen molar-refractivity contribution in [1.82, 2.24) is 0 Å². The molecule has 6 heteroatoms. The highest BCUT2D eigenvalue weighted by Gasteiger charge is 2.12. The van der Waals surface area contributed by atoms with Gasteiger partial charge in [-0.3, -0.25) is 0 Å². The molecule has 0 atom stereocenters. The third-order valence-corrected chi connectivity index (χ3v) is 3.88. The lowest BCUT2D eigenvalue weighted by molar-refractivity contribution is -0.137. The molecule has 0 aromatic heterocycles. The van der Waals surface area contributed by atoms with E-state index >= 15 is 0 Å². The molecule has 5 nitrogen and oxygen atoms in total. The maximum Gasteiger partial charge on any atom is 0.349 e. The van der Waals surface area contributed by atoms with E-state index in [1.807, 2.05) is 24.3 Å². The molecule has 0 aliphatic heterocycles. The largest absolute Gasteiger partial charge is 0.493 e. The van der Waals surface area contributed by atoms with Crippen LogP contribution in [0.25, 0.3) is 6.08 Å². The lowest BCUT2D eigenvalue weighted by atomic mass is 10.1. The molecule has 138 valence electrons. The first kappa shape index (κ1) is 20.1. The van der Waals surface area contributed by atoms with E-state index in [2.05, 4.69) is 6.58 Å². The molecule has 2 aromatic carbocycles. The number of carbonyl (C=O) groups is 1. The Morgan fingerprint density at radius 2 is 2.04 bits per heavy atom. The number of nitrogens with zero attached hydrogens (tertiary/aromatic N) is 1. The topological polar surface area (TPSA) is 68.6 Å². The van der Waals surface area contributed by atoms with Gasteiger partial charge in [-0.05, 0) is 29.8 Å². The molecule has 0 heterocycles. The van der Waals surface area contributed by atoms with Crippen molar-refractivity contribution in [3.05, 3.63) is 76.8 Å². The van der Waals surface area contributed by atoms with Crippen LogP contribution < -0.4 is 9.47 Å². The fourth-order valence-corrected chi connectivity index (χ4v) is 2.37. The molecular weight excluding hydrogens is 366 g/mol. The molecule has 0 fully saturated rings. The normalized spacial score (nSPS) is 10.6. The number of benzene rings is 2. The second-order valence-corrected chi connectivity index (χ2v) is 5.75. The van der Waals surface area contributed by atoms with E-state index in [0.29, 0.717) is 22.1 Å². The molecule has 0 saturated heterocycles. The van der Waals surface area contributed by atoms with Crippen LogP contribution >= 0.6 is 11.6 Å². The Morgan fingerprint density at radius 3 is 2.70 bits per heavy atom. The van der Waals surface area contributed by atoms with Crippen LogP contribution in [0.1, 0.15) is 11.1 Å². The zero-order valence-electron chi connectivity index (χ0n) is 14.8. The minimum absolute atomic E-state index is 0.0377. The minimum atomic E-state index is -0.713. The third kappa shape index (κ3) is 5.63. The minimum Gasteiger partial charge on any atom is -0.493 e. The lowest BCUT2D eigenvalue weighted by Gasteiger charge is -2.12. The number of hydrogen-bond donors (Lipinski definition) is 0. The van der Waals surface area contributed by atoms with E-state index in [1.165, 1.54) is 19.3 Å². The predicted octanol–water partition coefficient (Wildman–Crippen LogP) is 4.56. The monoisotopic (exact) mass is 383 g/mol. The molecule has 0 spiro atoms. The van der Waals surface area contributed by atoms with Crippen molar-refractivity contribution < 1.29 is 19.0 Å². The summed E-state index contributed by atoms with van der Waals surface area (Å²) in [4.78, 5) is 11.8. The second-order valence-electron chi connectivity index (χ2n) is 5.35. The summed E-state index contributed by atoms with van der Waals surface area (Å²) in [6.07, 6.45) is 2.85. The van der Waals surface area contributed by atoms with Gasteiger partial charge in [-0.2, -0.15) is 5.26 Å². The number of ether oxygens (including phenoxy) is 3. The molecule has 0 saturated carbocycles. The van der Waals surface area contributed by atoms with Crippen LogP contribution in [0.15, 0.2) is 60.7 Å². The first-order chi connectivity index (χ1) is 13.1. The highest BCUT2D eigenvalue weighted by Crippen LogP contribution is 2.30. The number of carbonyl (C=O) groups excluding carboxylic acids is 1. The van der Waals surface area contributed by atoms with Crippen molar-refractivity contribution in [3.8, 4) is 17.6 Å². The molecule has 0 bridgehead atoms. The zero-order chi connectivity index (χ0) is 19.6. The van der Waals surface area contributed by atoms with Crippen molar-refractivity contribution in [2.24, 2.45) is 0 Å². The summed E-state index contributed by atoms with van der Waals surface area (Å²) in [7, 11) is 1.51. The van der Waals surface area contributed by atoms with Crippen LogP contribution in [0, 0.1) is 11.3 Å². The average Bonchev–Trinajstić information content (AvgIpc) is 2.69. The Hall–Kier alpha value is -3.23. The molecule has 0 aliphatic rings. The quantitative estimate of drug-likeness (QED) is 0.289. The van der Waals surface area contributed by atoms with Crippen LogP contribution in [-0.2, 0) is 16.1 Å². The van der Waals surface area contributed by atoms with Crippen molar-refractivity contribution >= 4 is 23.6 Å². The highest BCUT2D eigenvalue weighted by atomic mass is 35.5. The number of methoxy groups -OCH3 is 1. The van der Waals surface area contributed by atoms with Gasteiger partial charge in [-0.25, -0.2) is 4.79 Å². The summed E-state index contributed by atoms with van der Waals surface area (Å²) in [6.45, 7) is 3.78. The van der Waals surface area contributed by atoms with Crippen molar-refractivity contribution in [2.45, 2.75) is 6.61 Å². The van der Waals surface area contributed by atoms with Gasteiger partial charge in [-0.15, -0.1) is 0 Å². The molecule has 0 radical (unpaired) electrons. The molecule has 0 aliphatic carbocycles. The zero-order valence-corrected chi connectivity index (χ0v) is 15.5. The second kappa shape index (κ2) is 10.0. The number of hydrogen-bond acceptors (Lipinski definition) is 5. The Kier molecular flexibility index (Phi) is 7.48. The predicted molar refractivity (Wildman–Crippen MR) is 104 cm³/mol. The van der Waals surface area contributed by atoms with E-state index in [-0.39, 0.29) is 18.8 Å². The molecule has 0 unspecified atom stereocenters. The van der Waals surface area contributed by atoms with Gasteiger partial charge >= 0.3 is 5.97 Å². The molecule has 0 amide bonds. The summed E-state index contributed by atoms with van der Waals surface area (Å²) in [5.74, 6) is 0.269. The Morgan fingerprint density at radius 1 is 1.26 bits per heavy atom. The van der Waals surface area contributed by atoms with Gasteiger partial charge in [0.05, 0.1) is 7.11 Å². The van der Waals surface area contributed by atoms with Gasteiger partial charge in [0.15, 0.2) is 11.5 Å². The summed E-state index contributed by atoms with van der Waals surface area (Å²) < 4.78 is 16.0. The maximum absolute atomic E-state index is 11.8. The van der Waals surface area contributed by atoms with Crippen molar-refractivity contribution in [3.63, 3.8) is 0 Å². The van der Waals surface area contributed by atoms with Gasteiger partial charge in [0.2, 0.25) is 0 Å². The van der Waals surface area contributed by atoms with Crippen LogP contribution in [0.2, 0.25) is 5.02 Å². The first-order valence-corrected chi connectivity index (χ1v) is 8.41. The summed E-state index contributed by atoms with van der Waals surface area (Å²) in [5, 5.41) is 9.78. The van der Waals surface area contributed by atoms with Gasteiger partial charge in [0.25, 0.3) is 0 Å². The van der Waals surface area contributed by atoms with Crippen molar-refractivity contribution in [1.29, 1.82) is 5.26 Å².